The average molecular weight is 673 g/mol. The van der Waals surface area contributed by atoms with Crippen molar-refractivity contribution in [3.8, 4) is 0 Å². The lowest BCUT2D eigenvalue weighted by Gasteiger charge is -2.41. The maximum atomic E-state index is 12.5. The number of unbranched alkanes of at least 4 members (excludes halogenated alkanes) is 1. The first-order valence-corrected chi connectivity index (χ1v) is 17.4. The number of carbonyl (C=O) groups excluding carboxylic acids is 2. The Kier molecular flexibility index (Phi) is 11.9. The Balaban J connectivity index is 0.985. The number of hydrogen-bond acceptors (Lipinski definition) is 9. The summed E-state index contributed by atoms with van der Waals surface area (Å²) >= 11 is 0. The van der Waals surface area contributed by atoms with E-state index < -0.39 is 12.1 Å². The number of para-hydroxylation sites is 2. The van der Waals surface area contributed by atoms with E-state index in [1.807, 2.05) is 60.7 Å². The molecule has 49 heavy (non-hydrogen) atoms. The lowest BCUT2D eigenvalue weighted by Crippen LogP contribution is -2.48. The highest BCUT2D eigenvalue weighted by Gasteiger charge is 2.41. The highest BCUT2D eigenvalue weighted by Crippen LogP contribution is 2.39. The molecule has 0 unspecified atom stereocenters. The van der Waals surface area contributed by atoms with E-state index in [1.54, 1.807) is 12.1 Å². The van der Waals surface area contributed by atoms with Gasteiger partial charge in [-0.05, 0) is 41.7 Å². The molecule has 3 atom stereocenters. The molecule has 0 saturated carbocycles. The lowest BCUT2D eigenvalue weighted by atomic mass is 9.98. The van der Waals surface area contributed by atoms with Crippen LogP contribution in [0.4, 0.5) is 11.4 Å². The van der Waals surface area contributed by atoms with Crippen molar-refractivity contribution in [1.29, 1.82) is 0 Å². The third-order valence-electron chi connectivity index (χ3n) is 9.54. The number of aliphatic hydroxyl groups excluding tert-OH is 1. The summed E-state index contributed by atoms with van der Waals surface area (Å²) in [4.78, 5) is 27.1. The summed E-state index contributed by atoms with van der Waals surface area (Å²) in [5.74, 6) is -0.580. The molecule has 1 spiro atoms. The summed E-state index contributed by atoms with van der Waals surface area (Å²) in [5.41, 5.74) is 10.8. The summed E-state index contributed by atoms with van der Waals surface area (Å²) < 4.78 is 24.9. The Bertz CT molecular complexity index is 1520. The van der Waals surface area contributed by atoms with Crippen LogP contribution >= 0.6 is 0 Å². The zero-order valence-corrected chi connectivity index (χ0v) is 28.0. The van der Waals surface area contributed by atoms with Crippen molar-refractivity contribution in [1.82, 2.24) is 10.2 Å². The van der Waals surface area contributed by atoms with Gasteiger partial charge in [0.25, 0.3) is 0 Å². The number of aliphatic hydroxyl groups is 1. The Morgan fingerprint density at radius 1 is 0.837 bits per heavy atom. The second-order valence-corrected chi connectivity index (χ2v) is 13.1. The summed E-state index contributed by atoms with van der Waals surface area (Å²) in [5, 5.41) is 15.3. The SMILES string of the molecule is Nc1ccccc1NC(=O)CCCCC(=O)NCc1ccc([C@H]2O[C@@H](CN3CCC4(CC3)OCCO4)C[C@@H](c3ccc(CO)cc3)O2)cc1. The molecule has 11 nitrogen and oxygen atoms in total. The van der Waals surface area contributed by atoms with Gasteiger partial charge in [0.1, 0.15) is 0 Å². The molecule has 3 heterocycles. The monoisotopic (exact) mass is 672 g/mol. The van der Waals surface area contributed by atoms with Gasteiger partial charge in [0.2, 0.25) is 11.8 Å². The van der Waals surface area contributed by atoms with Crippen molar-refractivity contribution >= 4 is 23.2 Å². The van der Waals surface area contributed by atoms with Crippen molar-refractivity contribution in [3.63, 3.8) is 0 Å². The number of benzene rings is 3. The molecule has 3 aliphatic heterocycles. The maximum Gasteiger partial charge on any atom is 0.224 e. The van der Waals surface area contributed by atoms with Crippen LogP contribution in [0.5, 0.6) is 0 Å². The minimum absolute atomic E-state index is 0.00101. The van der Waals surface area contributed by atoms with Crippen LogP contribution in [-0.4, -0.2) is 66.6 Å². The van der Waals surface area contributed by atoms with E-state index in [1.165, 1.54) is 0 Å². The Morgan fingerprint density at radius 2 is 1.49 bits per heavy atom. The van der Waals surface area contributed by atoms with Gasteiger partial charge in [-0.1, -0.05) is 60.7 Å². The Labute approximate surface area is 288 Å². The summed E-state index contributed by atoms with van der Waals surface area (Å²) in [6.45, 7) is 4.31. The van der Waals surface area contributed by atoms with Crippen molar-refractivity contribution < 1.29 is 33.6 Å². The van der Waals surface area contributed by atoms with E-state index in [2.05, 4.69) is 15.5 Å². The van der Waals surface area contributed by atoms with Crippen LogP contribution in [0.3, 0.4) is 0 Å². The van der Waals surface area contributed by atoms with Crippen molar-refractivity contribution in [2.75, 3.05) is 43.9 Å². The minimum Gasteiger partial charge on any atom is -0.397 e. The summed E-state index contributed by atoms with van der Waals surface area (Å²) in [6, 6.07) is 23.0. The molecule has 0 aliphatic carbocycles. The summed E-state index contributed by atoms with van der Waals surface area (Å²) in [7, 11) is 0. The maximum absolute atomic E-state index is 12.5. The summed E-state index contributed by atoms with van der Waals surface area (Å²) in [6.07, 6.45) is 3.59. The fraction of sp³-hybridized carbons (Fsp3) is 0.474. The second-order valence-electron chi connectivity index (χ2n) is 13.1. The molecule has 3 aromatic carbocycles. The third kappa shape index (κ3) is 9.66. The van der Waals surface area contributed by atoms with Crippen molar-refractivity contribution in [2.24, 2.45) is 0 Å². The number of piperidine rings is 1. The minimum atomic E-state index is -0.543. The molecule has 11 heteroatoms. The van der Waals surface area contributed by atoms with Gasteiger partial charge in [-0.25, -0.2) is 0 Å². The van der Waals surface area contributed by atoms with Gasteiger partial charge in [0, 0.05) is 63.8 Å². The molecular formula is C38H48N4O7. The van der Waals surface area contributed by atoms with Gasteiger partial charge in [0.15, 0.2) is 12.1 Å². The zero-order valence-electron chi connectivity index (χ0n) is 28.0. The highest BCUT2D eigenvalue weighted by atomic mass is 16.7. The van der Waals surface area contributed by atoms with Crippen molar-refractivity contribution in [2.45, 2.75) is 82.4 Å². The number of nitrogens with two attached hydrogens (primary N) is 1. The highest BCUT2D eigenvalue weighted by molar-refractivity contribution is 5.93. The zero-order chi connectivity index (χ0) is 34.1. The number of rotatable bonds is 13. The molecule has 0 radical (unpaired) electrons. The Hall–Kier alpha value is -3.84. The number of nitrogens with one attached hydrogen (secondary N) is 2. The van der Waals surface area contributed by atoms with Crippen LogP contribution < -0.4 is 16.4 Å². The van der Waals surface area contributed by atoms with Gasteiger partial charge in [-0.2, -0.15) is 0 Å². The molecule has 0 aromatic heterocycles. The van der Waals surface area contributed by atoms with Crippen LogP contribution in [0.2, 0.25) is 0 Å². The van der Waals surface area contributed by atoms with Crippen LogP contribution in [0.15, 0.2) is 72.8 Å². The predicted octanol–water partition coefficient (Wildman–Crippen LogP) is 4.96. The van der Waals surface area contributed by atoms with Gasteiger partial charge in [0.05, 0.1) is 43.4 Å². The first kappa shape index (κ1) is 35.0. The quantitative estimate of drug-likeness (QED) is 0.146. The molecule has 3 aromatic rings. The largest absolute Gasteiger partial charge is 0.397 e. The number of amides is 2. The van der Waals surface area contributed by atoms with Crippen LogP contribution in [0.1, 0.15) is 79.6 Å². The first-order chi connectivity index (χ1) is 23.9. The number of hydrogen-bond donors (Lipinski definition) is 4. The predicted molar refractivity (Wildman–Crippen MR) is 185 cm³/mol. The molecule has 6 rings (SSSR count). The Morgan fingerprint density at radius 3 is 2.18 bits per heavy atom. The smallest absolute Gasteiger partial charge is 0.224 e. The van der Waals surface area contributed by atoms with E-state index >= 15 is 0 Å². The fourth-order valence-electron chi connectivity index (χ4n) is 6.66. The molecule has 0 bridgehead atoms. The molecule has 262 valence electrons. The van der Waals surface area contributed by atoms with Crippen LogP contribution in [-0.2, 0) is 41.7 Å². The number of carbonyl (C=O) groups is 2. The molecular weight excluding hydrogens is 624 g/mol. The number of ether oxygens (including phenoxy) is 4. The van der Waals surface area contributed by atoms with E-state index in [0.717, 1.165) is 61.2 Å². The van der Waals surface area contributed by atoms with E-state index in [0.29, 0.717) is 56.8 Å². The molecule has 3 aliphatic rings. The molecule has 3 fully saturated rings. The third-order valence-corrected chi connectivity index (χ3v) is 9.54. The molecule has 2 amide bonds. The number of nitrogen functional groups attached to an aromatic ring is 1. The molecule has 5 N–H and O–H groups in total. The van der Waals surface area contributed by atoms with E-state index in [9.17, 15) is 14.7 Å². The average Bonchev–Trinajstić information content (AvgIpc) is 3.59. The lowest BCUT2D eigenvalue weighted by molar-refractivity contribution is -0.255. The van der Waals surface area contributed by atoms with Gasteiger partial charge in [-0.3, -0.25) is 9.59 Å². The normalized spacial score (nSPS) is 22.2. The first-order valence-electron chi connectivity index (χ1n) is 17.4. The number of likely N-dealkylation sites (tertiary alicyclic amines) is 1. The molecule has 3 saturated heterocycles. The van der Waals surface area contributed by atoms with Gasteiger partial charge < -0.3 is 45.3 Å². The van der Waals surface area contributed by atoms with Crippen molar-refractivity contribution in [3.05, 3.63) is 95.1 Å². The van der Waals surface area contributed by atoms with Crippen LogP contribution in [0.25, 0.3) is 0 Å². The standard InChI is InChI=1S/C38H48N4O7/c39-32-5-1-2-6-33(32)41-36(45)8-4-3-7-35(44)40-24-27-9-15-30(16-10-27)37-48-31(23-34(49-37)29-13-11-28(26-43)12-14-29)25-42-19-17-38(18-20-42)46-21-22-47-38/h1-2,5-6,9-16,31,34,37,43H,3-4,7-8,17-26,39H2,(H,40,44)(H,41,45)/t31-,34+,37+/m1/s1. The topological polar surface area (TPSA) is 145 Å². The number of nitrogens with zero attached hydrogens (tertiary/aromatic N) is 1. The fourth-order valence-corrected chi connectivity index (χ4v) is 6.66. The van der Waals surface area contributed by atoms with Gasteiger partial charge in [-0.15, -0.1) is 0 Å². The van der Waals surface area contributed by atoms with Crippen LogP contribution in [0, 0.1) is 0 Å². The van der Waals surface area contributed by atoms with Gasteiger partial charge >= 0.3 is 0 Å². The second kappa shape index (κ2) is 16.7. The number of anilines is 2. The van der Waals surface area contributed by atoms with E-state index in [-0.39, 0.29) is 30.6 Å². The van der Waals surface area contributed by atoms with E-state index in [4.69, 9.17) is 24.7 Å².